The number of thioether (sulfide) groups is 1. The van der Waals surface area contributed by atoms with E-state index in [-0.39, 0.29) is 35.3 Å². The largest absolute Gasteiger partial charge is 0.301 e. The van der Waals surface area contributed by atoms with Gasteiger partial charge in [0.1, 0.15) is 0 Å². The minimum atomic E-state index is -0.230. The van der Waals surface area contributed by atoms with Crippen molar-refractivity contribution in [2.45, 2.75) is 17.7 Å². The summed E-state index contributed by atoms with van der Waals surface area (Å²) in [6.45, 7) is 0. The minimum Gasteiger partial charge on any atom is -0.301 e. The molecule has 2 aromatic rings. The molecule has 0 saturated carbocycles. The summed E-state index contributed by atoms with van der Waals surface area (Å²) in [7, 11) is 0. The maximum Gasteiger partial charge on any atom is 0.238 e. The second-order valence-corrected chi connectivity index (χ2v) is 8.28. The first kappa shape index (κ1) is 17.9. The molecule has 0 bridgehead atoms. The Balaban J connectivity index is 1.38. The van der Waals surface area contributed by atoms with Crippen molar-refractivity contribution in [1.29, 1.82) is 0 Å². The number of nitrogens with zero attached hydrogens (tertiary/aromatic N) is 2. The molecule has 4 rings (SSSR count). The van der Waals surface area contributed by atoms with Crippen molar-refractivity contribution in [2.75, 3.05) is 16.0 Å². The second kappa shape index (κ2) is 7.66. The van der Waals surface area contributed by atoms with E-state index in [4.69, 9.17) is 0 Å². The van der Waals surface area contributed by atoms with Crippen molar-refractivity contribution >= 4 is 51.6 Å². The van der Waals surface area contributed by atoms with Crippen LogP contribution in [0.4, 0.5) is 10.8 Å². The van der Waals surface area contributed by atoms with Crippen LogP contribution in [-0.2, 0) is 14.4 Å². The summed E-state index contributed by atoms with van der Waals surface area (Å²) in [5, 5.41) is 5.11. The third-order valence-corrected chi connectivity index (χ3v) is 6.35. The quantitative estimate of drug-likeness (QED) is 0.474. The van der Waals surface area contributed by atoms with Crippen molar-refractivity contribution in [3.8, 4) is 0 Å². The zero-order chi connectivity index (χ0) is 18.8. The number of hydrogen-bond acceptors (Lipinski definition) is 6. The molecule has 8 heteroatoms. The molecule has 1 aliphatic carbocycles. The molecule has 1 aliphatic heterocycles. The van der Waals surface area contributed by atoms with Crippen molar-refractivity contribution in [3.63, 3.8) is 0 Å². The normalized spacial score (nSPS) is 21.4. The average Bonchev–Trinajstić information content (AvgIpc) is 3.28. The summed E-state index contributed by atoms with van der Waals surface area (Å²) >= 11 is 2.76. The first-order chi connectivity index (χ1) is 13.1. The van der Waals surface area contributed by atoms with Crippen molar-refractivity contribution in [3.05, 3.63) is 48.0 Å². The van der Waals surface area contributed by atoms with Crippen LogP contribution < -0.4 is 10.2 Å². The lowest BCUT2D eigenvalue weighted by Gasteiger charge is -2.15. The SMILES string of the molecule is O=C(CSc1ccc(N2C(=O)[C@H]3CC=CC[C@H]3C2=O)cc1)Nc1nccs1. The van der Waals surface area contributed by atoms with E-state index in [1.165, 1.54) is 28.0 Å². The summed E-state index contributed by atoms with van der Waals surface area (Å²) < 4.78 is 0. The highest BCUT2D eigenvalue weighted by Crippen LogP contribution is 2.38. The van der Waals surface area contributed by atoms with Crippen LogP contribution in [0.15, 0.2) is 52.9 Å². The second-order valence-electron chi connectivity index (χ2n) is 6.34. The van der Waals surface area contributed by atoms with Gasteiger partial charge in [0.15, 0.2) is 5.13 Å². The molecule has 3 amide bonds. The lowest BCUT2D eigenvalue weighted by atomic mass is 9.85. The third kappa shape index (κ3) is 3.68. The minimum absolute atomic E-state index is 0.113. The number of hydrogen-bond donors (Lipinski definition) is 1. The molecule has 1 fully saturated rings. The van der Waals surface area contributed by atoms with Gasteiger partial charge in [-0.05, 0) is 37.1 Å². The fourth-order valence-electron chi connectivity index (χ4n) is 3.34. The van der Waals surface area contributed by atoms with Crippen molar-refractivity contribution < 1.29 is 14.4 Å². The average molecular weight is 399 g/mol. The van der Waals surface area contributed by atoms with Crippen LogP contribution in [0.5, 0.6) is 0 Å². The maximum atomic E-state index is 12.6. The van der Waals surface area contributed by atoms with Gasteiger partial charge in [-0.25, -0.2) is 4.98 Å². The summed E-state index contributed by atoms with van der Waals surface area (Å²) in [6.07, 6.45) is 6.86. The number of fused-ring (bicyclic) bond motifs is 1. The Bertz CT molecular complexity index is 867. The summed E-state index contributed by atoms with van der Waals surface area (Å²) in [5.74, 6) is -0.552. The number of thiazole rings is 1. The molecule has 138 valence electrons. The summed E-state index contributed by atoms with van der Waals surface area (Å²) in [5.41, 5.74) is 0.594. The number of amides is 3. The molecule has 0 spiro atoms. The monoisotopic (exact) mass is 399 g/mol. The van der Waals surface area contributed by atoms with Crippen molar-refractivity contribution in [1.82, 2.24) is 4.98 Å². The van der Waals surface area contributed by atoms with Gasteiger partial charge in [-0.2, -0.15) is 0 Å². The Hall–Kier alpha value is -2.45. The van der Waals surface area contributed by atoms with Gasteiger partial charge in [0.25, 0.3) is 0 Å². The van der Waals surface area contributed by atoms with E-state index in [1.807, 2.05) is 24.3 Å². The Kier molecular flexibility index (Phi) is 5.09. The molecule has 27 heavy (non-hydrogen) atoms. The van der Waals surface area contributed by atoms with Gasteiger partial charge in [-0.15, -0.1) is 23.1 Å². The lowest BCUT2D eigenvalue weighted by molar-refractivity contribution is -0.122. The predicted molar refractivity (Wildman–Crippen MR) is 106 cm³/mol. The molecule has 2 heterocycles. The molecule has 0 unspecified atom stereocenters. The molecule has 0 radical (unpaired) electrons. The maximum absolute atomic E-state index is 12.6. The number of benzene rings is 1. The number of allylic oxidation sites excluding steroid dienone is 2. The van der Waals surface area contributed by atoms with Gasteiger partial charge in [-0.3, -0.25) is 19.3 Å². The van der Waals surface area contributed by atoms with Gasteiger partial charge in [0, 0.05) is 16.5 Å². The van der Waals surface area contributed by atoms with E-state index in [0.717, 1.165) is 4.90 Å². The number of carbonyl (C=O) groups excluding carboxylic acids is 3. The van der Waals surface area contributed by atoms with Gasteiger partial charge in [0.05, 0.1) is 23.3 Å². The van der Waals surface area contributed by atoms with Crippen LogP contribution >= 0.6 is 23.1 Å². The van der Waals surface area contributed by atoms with Crippen LogP contribution in [0.1, 0.15) is 12.8 Å². The summed E-state index contributed by atoms with van der Waals surface area (Å²) in [6, 6.07) is 7.19. The molecule has 1 saturated heterocycles. The van der Waals surface area contributed by atoms with Gasteiger partial charge in [-0.1, -0.05) is 12.2 Å². The highest BCUT2D eigenvalue weighted by atomic mass is 32.2. The Morgan fingerprint density at radius 2 is 1.81 bits per heavy atom. The molecular weight excluding hydrogens is 382 g/mol. The Morgan fingerprint density at radius 3 is 2.41 bits per heavy atom. The van der Waals surface area contributed by atoms with E-state index < -0.39 is 0 Å². The Morgan fingerprint density at radius 1 is 1.15 bits per heavy atom. The molecule has 1 aromatic heterocycles. The topological polar surface area (TPSA) is 79.4 Å². The zero-order valence-corrected chi connectivity index (χ0v) is 16.0. The number of rotatable bonds is 5. The van der Waals surface area contributed by atoms with E-state index in [1.54, 1.807) is 23.7 Å². The number of imide groups is 1. The van der Waals surface area contributed by atoms with E-state index in [0.29, 0.717) is 23.7 Å². The molecule has 1 aromatic carbocycles. The fourth-order valence-corrected chi connectivity index (χ4v) is 4.58. The van der Waals surface area contributed by atoms with Crippen LogP contribution in [0, 0.1) is 11.8 Å². The number of aromatic nitrogens is 1. The van der Waals surface area contributed by atoms with Crippen LogP contribution in [-0.4, -0.2) is 28.5 Å². The van der Waals surface area contributed by atoms with Crippen LogP contribution in [0.25, 0.3) is 0 Å². The van der Waals surface area contributed by atoms with Gasteiger partial charge >= 0.3 is 0 Å². The predicted octanol–water partition coefficient (Wildman–Crippen LogP) is 3.33. The smallest absolute Gasteiger partial charge is 0.238 e. The molecular formula is C19H17N3O3S2. The standard InChI is InChI=1S/C19H17N3O3S2/c23-16(21-19-20-9-10-26-19)11-27-13-7-5-12(6-8-13)22-17(24)14-3-1-2-4-15(14)18(22)25/h1-2,5-10,14-15H,3-4,11H2,(H,20,21,23)/t14-,15+. The van der Waals surface area contributed by atoms with Gasteiger partial charge < -0.3 is 5.32 Å². The van der Waals surface area contributed by atoms with Gasteiger partial charge in [0.2, 0.25) is 17.7 Å². The highest BCUT2D eigenvalue weighted by Gasteiger charge is 2.47. The number of nitrogens with one attached hydrogen (secondary N) is 1. The first-order valence-electron chi connectivity index (χ1n) is 8.58. The first-order valence-corrected chi connectivity index (χ1v) is 10.4. The summed E-state index contributed by atoms with van der Waals surface area (Å²) in [4.78, 5) is 43.4. The highest BCUT2D eigenvalue weighted by molar-refractivity contribution is 8.00. The number of anilines is 2. The van der Waals surface area contributed by atoms with Crippen LogP contribution in [0.2, 0.25) is 0 Å². The third-order valence-electron chi connectivity index (χ3n) is 4.65. The van der Waals surface area contributed by atoms with Crippen molar-refractivity contribution in [2.24, 2.45) is 11.8 Å². The molecule has 2 aliphatic rings. The Labute approximate surface area is 164 Å². The van der Waals surface area contributed by atoms with E-state index >= 15 is 0 Å². The van der Waals surface area contributed by atoms with E-state index in [9.17, 15) is 14.4 Å². The molecule has 2 atom stereocenters. The van der Waals surface area contributed by atoms with E-state index in [2.05, 4.69) is 10.3 Å². The molecule has 6 nitrogen and oxygen atoms in total. The number of carbonyl (C=O) groups is 3. The van der Waals surface area contributed by atoms with Crippen LogP contribution in [0.3, 0.4) is 0 Å². The lowest BCUT2D eigenvalue weighted by Crippen LogP contribution is -2.30. The molecule has 1 N–H and O–H groups in total. The zero-order valence-electron chi connectivity index (χ0n) is 14.3. The fraction of sp³-hybridized carbons (Fsp3) is 0.263.